The second-order valence-electron chi connectivity index (χ2n) is 5.99. The number of aryl methyl sites for hydroxylation is 2. The quantitative estimate of drug-likeness (QED) is 0.496. The van der Waals surface area contributed by atoms with Gasteiger partial charge in [0.25, 0.3) is 5.91 Å². The van der Waals surface area contributed by atoms with Crippen LogP contribution >= 0.6 is 23.6 Å². The molecule has 4 rings (SSSR count). The van der Waals surface area contributed by atoms with Crippen molar-refractivity contribution < 1.29 is 9.21 Å². The Bertz CT molecular complexity index is 1160. The van der Waals surface area contributed by atoms with Gasteiger partial charge in [0.05, 0.1) is 6.26 Å². The first-order valence-corrected chi connectivity index (χ1v) is 9.75. The highest BCUT2D eigenvalue weighted by Crippen LogP contribution is 2.29. The van der Waals surface area contributed by atoms with Crippen LogP contribution in [0.3, 0.4) is 0 Å². The number of nitrogens with one attached hydrogen (secondary N) is 2. The molecule has 142 valence electrons. The number of thiocarbonyl (C=S) groups is 1. The summed E-state index contributed by atoms with van der Waals surface area (Å²) in [5.41, 5.74) is 2.69. The van der Waals surface area contributed by atoms with Gasteiger partial charge in [-0.25, -0.2) is 0 Å². The van der Waals surface area contributed by atoms with Gasteiger partial charge in [-0.3, -0.25) is 10.1 Å². The number of benzene rings is 1. The third-order valence-electron chi connectivity index (χ3n) is 4.08. The molecule has 4 aromatic rings. The first-order chi connectivity index (χ1) is 13.5. The molecule has 8 nitrogen and oxygen atoms in total. The summed E-state index contributed by atoms with van der Waals surface area (Å²) < 4.78 is 6.83. The van der Waals surface area contributed by atoms with E-state index in [0.29, 0.717) is 0 Å². The Morgan fingerprint density at radius 1 is 1.32 bits per heavy atom. The monoisotopic (exact) mass is 412 g/mol. The minimum absolute atomic E-state index is 0.188. The number of hydrogen-bond donors (Lipinski definition) is 2. The third-order valence-corrected chi connectivity index (χ3v) is 5.23. The molecule has 0 saturated carbocycles. The van der Waals surface area contributed by atoms with Gasteiger partial charge in [0.2, 0.25) is 4.96 Å². The highest BCUT2D eigenvalue weighted by molar-refractivity contribution is 7.80. The number of anilines is 1. The molecule has 0 aliphatic carbocycles. The van der Waals surface area contributed by atoms with Gasteiger partial charge < -0.3 is 9.73 Å². The number of aromatic nitrogens is 4. The predicted molar refractivity (Wildman–Crippen MR) is 111 cm³/mol. The Kier molecular flexibility index (Phi) is 4.88. The Balaban J connectivity index is 1.55. The molecule has 1 aromatic carbocycles. The normalized spacial score (nSPS) is 10.9. The van der Waals surface area contributed by atoms with Crippen molar-refractivity contribution in [2.24, 2.45) is 0 Å². The van der Waals surface area contributed by atoms with Crippen molar-refractivity contribution in [1.82, 2.24) is 25.1 Å². The SMILES string of the molecule is CCc1nnc2sc(-c3ccc(C)c(NC(=S)NC(=O)c4ccco4)c3)nn12. The molecule has 3 heterocycles. The zero-order valence-corrected chi connectivity index (χ0v) is 16.7. The van der Waals surface area contributed by atoms with Gasteiger partial charge in [-0.15, -0.1) is 10.2 Å². The van der Waals surface area contributed by atoms with Gasteiger partial charge in [-0.1, -0.05) is 30.4 Å². The van der Waals surface area contributed by atoms with E-state index < -0.39 is 5.91 Å². The minimum atomic E-state index is -0.406. The summed E-state index contributed by atoms with van der Waals surface area (Å²) in [4.78, 5) is 12.8. The van der Waals surface area contributed by atoms with Crippen LogP contribution in [0.2, 0.25) is 0 Å². The zero-order valence-electron chi connectivity index (χ0n) is 15.1. The van der Waals surface area contributed by atoms with Crippen LogP contribution in [0.5, 0.6) is 0 Å². The first kappa shape index (κ1) is 18.3. The zero-order chi connectivity index (χ0) is 19.7. The van der Waals surface area contributed by atoms with Crippen LogP contribution in [0.25, 0.3) is 15.5 Å². The number of rotatable bonds is 4. The Morgan fingerprint density at radius 3 is 2.93 bits per heavy atom. The summed E-state index contributed by atoms with van der Waals surface area (Å²) in [6.07, 6.45) is 2.19. The molecule has 2 N–H and O–H groups in total. The molecule has 3 aromatic heterocycles. The molecule has 0 aliphatic heterocycles. The third kappa shape index (κ3) is 3.51. The van der Waals surface area contributed by atoms with E-state index in [9.17, 15) is 4.79 Å². The Hall–Kier alpha value is -3.11. The molecule has 0 unspecified atom stereocenters. The maximum atomic E-state index is 12.1. The molecule has 0 saturated heterocycles. The van der Waals surface area contributed by atoms with Crippen LogP contribution in [-0.4, -0.2) is 30.8 Å². The van der Waals surface area contributed by atoms with Crippen LogP contribution in [0.1, 0.15) is 28.9 Å². The van der Waals surface area contributed by atoms with Crippen LogP contribution < -0.4 is 10.6 Å². The average Bonchev–Trinajstić information content (AvgIpc) is 3.40. The number of nitrogens with zero attached hydrogens (tertiary/aromatic N) is 4. The number of carbonyl (C=O) groups is 1. The summed E-state index contributed by atoms with van der Waals surface area (Å²) in [5, 5.41) is 19.6. The lowest BCUT2D eigenvalue weighted by Crippen LogP contribution is -2.34. The Labute approximate surface area is 169 Å². The van der Waals surface area contributed by atoms with E-state index >= 15 is 0 Å². The largest absolute Gasteiger partial charge is 0.459 e. The van der Waals surface area contributed by atoms with Crippen LogP contribution in [0.15, 0.2) is 41.0 Å². The number of furan rings is 1. The van der Waals surface area contributed by atoms with E-state index in [-0.39, 0.29) is 10.9 Å². The topological polar surface area (TPSA) is 97.3 Å². The average molecular weight is 413 g/mol. The summed E-state index contributed by atoms with van der Waals surface area (Å²) in [7, 11) is 0. The smallest absolute Gasteiger partial charge is 0.293 e. The fourth-order valence-corrected chi connectivity index (χ4v) is 3.67. The van der Waals surface area contributed by atoms with Crippen molar-refractivity contribution in [3.63, 3.8) is 0 Å². The van der Waals surface area contributed by atoms with E-state index in [1.807, 2.05) is 32.0 Å². The van der Waals surface area contributed by atoms with Crippen molar-refractivity contribution in [2.75, 3.05) is 5.32 Å². The molecule has 1 amide bonds. The molecule has 0 radical (unpaired) electrons. The van der Waals surface area contributed by atoms with Crippen LogP contribution in [0, 0.1) is 6.92 Å². The highest BCUT2D eigenvalue weighted by atomic mass is 32.1. The molecule has 0 fully saturated rings. The predicted octanol–water partition coefficient (Wildman–Crippen LogP) is 3.44. The second kappa shape index (κ2) is 7.49. The molecule has 0 spiro atoms. The van der Waals surface area contributed by atoms with Crippen molar-refractivity contribution in [2.45, 2.75) is 20.3 Å². The van der Waals surface area contributed by atoms with Gasteiger partial charge in [0, 0.05) is 17.7 Å². The molecule has 28 heavy (non-hydrogen) atoms. The van der Waals surface area contributed by atoms with Gasteiger partial charge in [-0.05, 0) is 42.9 Å². The summed E-state index contributed by atoms with van der Waals surface area (Å²) >= 11 is 6.72. The number of carbonyl (C=O) groups excluding carboxylic acids is 1. The molecule has 0 aliphatic rings. The van der Waals surface area contributed by atoms with Gasteiger partial charge in [-0.2, -0.15) is 9.61 Å². The maximum Gasteiger partial charge on any atom is 0.293 e. The number of fused-ring (bicyclic) bond motifs is 1. The van der Waals surface area contributed by atoms with Crippen molar-refractivity contribution in [3.8, 4) is 10.6 Å². The second-order valence-corrected chi connectivity index (χ2v) is 7.35. The lowest BCUT2D eigenvalue weighted by atomic mass is 10.1. The highest BCUT2D eigenvalue weighted by Gasteiger charge is 2.14. The first-order valence-electron chi connectivity index (χ1n) is 8.53. The Morgan fingerprint density at radius 2 is 2.18 bits per heavy atom. The standard InChI is InChI=1S/C18H16N6O2S2/c1-3-14-21-22-18-24(14)23-16(28-18)11-7-6-10(2)12(9-11)19-17(27)20-15(25)13-5-4-8-26-13/h4-9H,3H2,1-2H3,(H2,19,20,25,27). The van der Waals surface area contributed by atoms with Crippen molar-refractivity contribution in [3.05, 3.63) is 53.7 Å². The van der Waals surface area contributed by atoms with E-state index in [2.05, 4.69) is 25.9 Å². The van der Waals surface area contributed by atoms with E-state index in [1.165, 1.54) is 17.6 Å². The lowest BCUT2D eigenvalue weighted by Gasteiger charge is -2.12. The number of hydrogen-bond acceptors (Lipinski definition) is 7. The van der Waals surface area contributed by atoms with E-state index in [0.717, 1.165) is 39.0 Å². The van der Waals surface area contributed by atoms with Gasteiger partial charge in [0.1, 0.15) is 5.01 Å². The van der Waals surface area contributed by atoms with E-state index in [1.54, 1.807) is 16.6 Å². The van der Waals surface area contributed by atoms with Crippen LogP contribution in [0.4, 0.5) is 5.69 Å². The summed E-state index contributed by atoms with van der Waals surface area (Å²) in [5.74, 6) is 0.614. The summed E-state index contributed by atoms with van der Waals surface area (Å²) in [6, 6.07) is 9.11. The fraction of sp³-hybridized carbons (Fsp3) is 0.167. The van der Waals surface area contributed by atoms with Crippen molar-refractivity contribution >= 4 is 45.2 Å². The van der Waals surface area contributed by atoms with E-state index in [4.69, 9.17) is 16.6 Å². The maximum absolute atomic E-state index is 12.1. The number of amides is 1. The fourth-order valence-electron chi connectivity index (χ4n) is 2.61. The molecular formula is C18H16N6O2S2. The van der Waals surface area contributed by atoms with Crippen LogP contribution in [-0.2, 0) is 6.42 Å². The van der Waals surface area contributed by atoms with Crippen molar-refractivity contribution in [1.29, 1.82) is 0 Å². The summed E-state index contributed by atoms with van der Waals surface area (Å²) in [6.45, 7) is 3.97. The van der Waals surface area contributed by atoms with Gasteiger partial charge in [0.15, 0.2) is 16.7 Å². The molecule has 0 atom stereocenters. The molecule has 0 bridgehead atoms. The minimum Gasteiger partial charge on any atom is -0.459 e. The molecule has 10 heteroatoms. The molecular weight excluding hydrogens is 396 g/mol. The van der Waals surface area contributed by atoms with Gasteiger partial charge >= 0.3 is 0 Å². The lowest BCUT2D eigenvalue weighted by molar-refractivity contribution is 0.0950.